The Balaban J connectivity index is 2.38. The average Bonchev–Trinajstić information content (AvgIpc) is 2.48. The molecule has 1 aromatic rings. The monoisotopic (exact) mass is 211 g/mol. The molecule has 0 spiro atoms. The van der Waals surface area contributed by atoms with Crippen LogP contribution in [0.2, 0.25) is 0 Å². The normalized spacial score (nSPS) is 19.6. The third kappa shape index (κ3) is 1.39. The number of ether oxygens (including phenoxy) is 1. The Morgan fingerprint density at radius 1 is 1.64 bits per heavy atom. The molecule has 1 aliphatic heterocycles. The van der Waals surface area contributed by atoms with Gasteiger partial charge in [-0.2, -0.15) is 0 Å². The minimum absolute atomic E-state index is 0.0186. The van der Waals surface area contributed by atoms with Gasteiger partial charge in [-0.1, -0.05) is 11.3 Å². The summed E-state index contributed by atoms with van der Waals surface area (Å²) < 4.78 is 5.33. The van der Waals surface area contributed by atoms with Gasteiger partial charge in [-0.05, 0) is 19.9 Å². The number of anilines is 1. The number of nitrogens with one attached hydrogen (secondary N) is 1. The van der Waals surface area contributed by atoms with Crippen molar-refractivity contribution in [1.29, 1.82) is 0 Å². The van der Waals surface area contributed by atoms with E-state index in [0.717, 1.165) is 0 Å². The first-order valence-electron chi connectivity index (χ1n) is 4.20. The number of thiophene rings is 1. The van der Waals surface area contributed by atoms with Gasteiger partial charge in [0.2, 0.25) is 0 Å². The Morgan fingerprint density at radius 3 is 3.00 bits per heavy atom. The van der Waals surface area contributed by atoms with Crippen LogP contribution >= 0.6 is 11.3 Å². The number of hydrogen-bond acceptors (Lipinski definition) is 4. The number of fused-ring (bicyclic) bond motifs is 1. The molecular weight excluding hydrogens is 202 g/mol. The number of carbonyl (C=O) groups excluding carboxylic acids is 2. The largest absolute Gasteiger partial charge is 0.469 e. The number of carbonyl (C=O) groups is 2. The summed E-state index contributed by atoms with van der Waals surface area (Å²) in [6, 6.07) is 1.64. The third-order valence-corrected chi connectivity index (χ3v) is 3.08. The Labute approximate surface area is 84.9 Å². The molecule has 1 atom stereocenters. The van der Waals surface area contributed by atoms with Crippen molar-refractivity contribution in [3.8, 4) is 5.06 Å². The Hall–Kier alpha value is -1.36. The zero-order valence-electron chi connectivity index (χ0n) is 7.79. The molecule has 0 aromatic carbocycles. The summed E-state index contributed by atoms with van der Waals surface area (Å²) in [5, 5.41) is 3.29. The van der Waals surface area contributed by atoms with Crippen LogP contribution < -0.4 is 10.1 Å². The van der Waals surface area contributed by atoms with Gasteiger partial charge < -0.3 is 10.1 Å². The maximum atomic E-state index is 11.2. The highest BCUT2D eigenvalue weighted by atomic mass is 32.1. The van der Waals surface area contributed by atoms with Crippen molar-refractivity contribution < 1.29 is 14.3 Å². The van der Waals surface area contributed by atoms with Gasteiger partial charge in [-0.25, -0.2) is 0 Å². The van der Waals surface area contributed by atoms with Gasteiger partial charge in [0, 0.05) is 0 Å². The van der Waals surface area contributed by atoms with E-state index < -0.39 is 6.10 Å². The lowest BCUT2D eigenvalue weighted by Crippen LogP contribution is -2.33. The van der Waals surface area contributed by atoms with Crippen LogP contribution in [0, 0.1) is 0 Å². The second-order valence-electron chi connectivity index (χ2n) is 3.12. The molecule has 1 aromatic heterocycles. The first kappa shape index (κ1) is 9.21. The molecule has 1 unspecified atom stereocenters. The van der Waals surface area contributed by atoms with Crippen molar-refractivity contribution >= 4 is 28.7 Å². The Morgan fingerprint density at radius 2 is 2.36 bits per heavy atom. The molecular formula is C9H9NO3S. The van der Waals surface area contributed by atoms with Gasteiger partial charge in [-0.15, -0.1) is 0 Å². The third-order valence-electron chi connectivity index (χ3n) is 1.96. The van der Waals surface area contributed by atoms with Crippen molar-refractivity contribution in [2.75, 3.05) is 5.32 Å². The molecule has 1 aliphatic rings. The lowest BCUT2D eigenvalue weighted by atomic mass is 10.3. The van der Waals surface area contributed by atoms with Crippen LogP contribution in [0.15, 0.2) is 6.07 Å². The number of amides is 1. The van der Waals surface area contributed by atoms with Crippen LogP contribution in [0.1, 0.15) is 23.5 Å². The SMILES string of the molecule is CC(=O)c1cc2c(s1)OC(C)C(=O)N2. The fourth-order valence-electron chi connectivity index (χ4n) is 1.17. The molecule has 0 saturated heterocycles. The van der Waals surface area contributed by atoms with E-state index in [1.807, 2.05) is 0 Å². The highest BCUT2D eigenvalue weighted by Crippen LogP contribution is 2.38. The molecule has 2 rings (SSSR count). The predicted molar refractivity (Wildman–Crippen MR) is 53.0 cm³/mol. The molecule has 74 valence electrons. The lowest BCUT2D eigenvalue weighted by molar-refractivity contribution is -0.122. The molecule has 2 heterocycles. The topological polar surface area (TPSA) is 55.4 Å². The molecule has 0 radical (unpaired) electrons. The first-order chi connectivity index (χ1) is 6.58. The average molecular weight is 211 g/mol. The van der Waals surface area contributed by atoms with Gasteiger partial charge in [0.05, 0.1) is 10.6 Å². The van der Waals surface area contributed by atoms with E-state index in [0.29, 0.717) is 15.6 Å². The minimum atomic E-state index is -0.485. The number of Topliss-reactive ketones (excluding diaryl/α,β-unsaturated/α-hetero) is 1. The highest BCUT2D eigenvalue weighted by Gasteiger charge is 2.26. The van der Waals surface area contributed by atoms with Crippen LogP contribution in [0.3, 0.4) is 0 Å². The van der Waals surface area contributed by atoms with E-state index in [9.17, 15) is 9.59 Å². The molecule has 1 amide bonds. The molecule has 0 bridgehead atoms. The molecule has 14 heavy (non-hydrogen) atoms. The van der Waals surface area contributed by atoms with Crippen molar-refractivity contribution in [1.82, 2.24) is 0 Å². The van der Waals surface area contributed by atoms with E-state index in [1.165, 1.54) is 18.3 Å². The van der Waals surface area contributed by atoms with Crippen LogP contribution in [0.4, 0.5) is 5.69 Å². The van der Waals surface area contributed by atoms with Crippen molar-refractivity contribution in [3.05, 3.63) is 10.9 Å². The van der Waals surface area contributed by atoms with Crippen molar-refractivity contribution in [2.24, 2.45) is 0 Å². The fourth-order valence-corrected chi connectivity index (χ4v) is 2.10. The molecule has 0 saturated carbocycles. The summed E-state index contributed by atoms with van der Waals surface area (Å²) in [6.07, 6.45) is -0.485. The maximum Gasteiger partial charge on any atom is 0.265 e. The zero-order chi connectivity index (χ0) is 10.3. The number of hydrogen-bond donors (Lipinski definition) is 1. The van der Waals surface area contributed by atoms with Gasteiger partial charge in [0.1, 0.15) is 0 Å². The van der Waals surface area contributed by atoms with E-state index >= 15 is 0 Å². The summed E-state index contributed by atoms with van der Waals surface area (Å²) in [7, 11) is 0. The lowest BCUT2D eigenvalue weighted by Gasteiger charge is -2.19. The first-order valence-corrected chi connectivity index (χ1v) is 5.02. The van der Waals surface area contributed by atoms with E-state index in [2.05, 4.69) is 5.32 Å². The van der Waals surface area contributed by atoms with Gasteiger partial charge in [0.25, 0.3) is 5.91 Å². The fraction of sp³-hybridized carbons (Fsp3) is 0.333. The van der Waals surface area contributed by atoms with Crippen LogP contribution in [-0.2, 0) is 4.79 Å². The Kier molecular flexibility index (Phi) is 2.03. The summed E-state index contributed by atoms with van der Waals surface area (Å²) in [4.78, 5) is 22.9. The van der Waals surface area contributed by atoms with Gasteiger partial charge >= 0.3 is 0 Å². The molecule has 0 aliphatic carbocycles. The standard InChI is InChI=1S/C9H9NO3S/c1-4(11)7-3-6-9(14-7)13-5(2)8(12)10-6/h3,5H,1-2H3,(H,10,12). The van der Waals surface area contributed by atoms with Gasteiger partial charge in [-0.3, -0.25) is 9.59 Å². The maximum absolute atomic E-state index is 11.2. The predicted octanol–water partition coefficient (Wildman–Crippen LogP) is 1.67. The summed E-state index contributed by atoms with van der Waals surface area (Å²) in [6.45, 7) is 3.16. The Bertz CT molecular complexity index is 410. The number of ketones is 1. The van der Waals surface area contributed by atoms with Crippen molar-refractivity contribution in [2.45, 2.75) is 20.0 Å². The van der Waals surface area contributed by atoms with E-state index in [4.69, 9.17) is 4.74 Å². The molecule has 1 N–H and O–H groups in total. The number of rotatable bonds is 1. The minimum Gasteiger partial charge on any atom is -0.469 e. The second kappa shape index (κ2) is 3.09. The van der Waals surface area contributed by atoms with Crippen molar-refractivity contribution in [3.63, 3.8) is 0 Å². The molecule has 0 fully saturated rings. The van der Waals surface area contributed by atoms with Crippen LogP contribution in [-0.4, -0.2) is 17.8 Å². The van der Waals surface area contributed by atoms with Gasteiger partial charge in [0.15, 0.2) is 17.0 Å². The molecule has 5 heteroatoms. The smallest absolute Gasteiger partial charge is 0.265 e. The summed E-state index contributed by atoms with van der Waals surface area (Å²) in [5.41, 5.74) is 0.600. The van der Waals surface area contributed by atoms with E-state index in [-0.39, 0.29) is 11.7 Å². The van der Waals surface area contributed by atoms with Crippen LogP contribution in [0.5, 0.6) is 5.06 Å². The summed E-state index contributed by atoms with van der Waals surface area (Å²) in [5.74, 6) is -0.194. The zero-order valence-corrected chi connectivity index (χ0v) is 8.60. The highest BCUT2D eigenvalue weighted by molar-refractivity contribution is 7.16. The quantitative estimate of drug-likeness (QED) is 0.719. The second-order valence-corrected chi connectivity index (χ2v) is 4.13. The summed E-state index contributed by atoms with van der Waals surface area (Å²) >= 11 is 1.26. The molecule has 4 nitrogen and oxygen atoms in total. The van der Waals surface area contributed by atoms with Crippen LogP contribution in [0.25, 0.3) is 0 Å². The van der Waals surface area contributed by atoms with E-state index in [1.54, 1.807) is 13.0 Å².